The van der Waals surface area contributed by atoms with Crippen molar-refractivity contribution in [1.82, 2.24) is 0 Å². The molecule has 0 aromatic heterocycles. The highest BCUT2D eigenvalue weighted by molar-refractivity contribution is 4.92. The number of hydrogen-bond acceptors (Lipinski definition) is 7. The van der Waals surface area contributed by atoms with Gasteiger partial charge in [-0.3, -0.25) is 0 Å². The minimum atomic E-state index is -1.59. The zero-order chi connectivity index (χ0) is 10.0. The van der Waals surface area contributed by atoms with Crippen LogP contribution < -0.4 is 0 Å². The molecule has 1 aliphatic rings. The summed E-state index contributed by atoms with van der Waals surface area (Å²) in [6, 6.07) is -1.42. The van der Waals surface area contributed by atoms with Crippen molar-refractivity contribution in [2.75, 3.05) is 6.61 Å². The summed E-state index contributed by atoms with van der Waals surface area (Å²) in [5, 5.41) is 38.5. The smallest absolute Gasteiger partial charge is 0.183 e. The summed E-state index contributed by atoms with van der Waals surface area (Å²) >= 11 is 0. The Kier molecular flexibility index (Phi) is 3.28. The van der Waals surface area contributed by atoms with Gasteiger partial charge < -0.3 is 25.2 Å². The van der Waals surface area contributed by atoms with Crippen molar-refractivity contribution in [3.05, 3.63) is 4.91 Å². The molecule has 7 nitrogen and oxygen atoms in total. The lowest BCUT2D eigenvalue weighted by Crippen LogP contribution is -2.57. The lowest BCUT2D eigenvalue weighted by Gasteiger charge is -2.36. The summed E-state index contributed by atoms with van der Waals surface area (Å²) in [6.45, 7) is -0.555. The first-order chi connectivity index (χ1) is 6.11. The predicted octanol–water partition coefficient (Wildman–Crippen LogP) is -2.45. The van der Waals surface area contributed by atoms with E-state index >= 15 is 0 Å². The molecule has 1 saturated heterocycles. The Morgan fingerprint density at radius 2 is 1.85 bits per heavy atom. The van der Waals surface area contributed by atoms with Gasteiger partial charge in [0, 0.05) is 0 Å². The lowest BCUT2D eigenvalue weighted by molar-refractivity contribution is -0.248. The largest absolute Gasteiger partial charge is 0.394 e. The van der Waals surface area contributed by atoms with Crippen LogP contribution in [0.1, 0.15) is 0 Å². The van der Waals surface area contributed by atoms with E-state index in [0.717, 1.165) is 0 Å². The molecule has 0 radical (unpaired) electrons. The number of nitrogens with zero attached hydrogens (tertiary/aromatic N) is 1. The average molecular weight is 193 g/mol. The molecule has 5 atom stereocenters. The first-order valence-corrected chi connectivity index (χ1v) is 3.74. The Bertz CT molecular complexity index is 188. The van der Waals surface area contributed by atoms with E-state index in [9.17, 15) is 15.1 Å². The van der Waals surface area contributed by atoms with Crippen molar-refractivity contribution in [3.8, 4) is 0 Å². The molecule has 0 saturated carbocycles. The van der Waals surface area contributed by atoms with Crippen LogP contribution in [0.2, 0.25) is 0 Å². The van der Waals surface area contributed by atoms with Crippen molar-refractivity contribution in [3.63, 3.8) is 0 Å². The summed E-state index contributed by atoms with van der Waals surface area (Å²) in [4.78, 5) is 10.1. The molecule has 0 aromatic rings. The van der Waals surface area contributed by atoms with Crippen molar-refractivity contribution in [2.45, 2.75) is 30.6 Å². The number of hydrogen-bond donors (Lipinski definition) is 4. The van der Waals surface area contributed by atoms with Crippen LogP contribution in [0.5, 0.6) is 0 Å². The van der Waals surface area contributed by atoms with Crippen molar-refractivity contribution in [1.29, 1.82) is 0 Å². The summed E-state index contributed by atoms with van der Waals surface area (Å²) in [5.74, 6) is 0. The van der Waals surface area contributed by atoms with Gasteiger partial charge in [0.15, 0.2) is 12.3 Å². The van der Waals surface area contributed by atoms with E-state index in [2.05, 4.69) is 9.91 Å². The minimum absolute atomic E-state index is 0.555. The van der Waals surface area contributed by atoms with Crippen LogP contribution >= 0.6 is 0 Å². The molecule has 13 heavy (non-hydrogen) atoms. The number of rotatable bonds is 2. The third kappa shape index (κ3) is 1.84. The fraction of sp³-hybridized carbons (Fsp3) is 1.00. The molecule has 0 aliphatic carbocycles. The quantitative estimate of drug-likeness (QED) is 0.361. The summed E-state index contributed by atoms with van der Waals surface area (Å²) < 4.78 is 4.62. The maximum atomic E-state index is 10.1. The van der Waals surface area contributed by atoms with Gasteiger partial charge in [0.25, 0.3) is 0 Å². The van der Waals surface area contributed by atoms with Crippen LogP contribution in [-0.2, 0) is 4.74 Å². The van der Waals surface area contributed by atoms with Crippen LogP contribution in [0.3, 0.4) is 0 Å². The Hall–Kier alpha value is -0.600. The molecule has 0 aromatic carbocycles. The van der Waals surface area contributed by atoms with Gasteiger partial charge in [0.2, 0.25) is 0 Å². The van der Waals surface area contributed by atoms with Gasteiger partial charge in [0.1, 0.15) is 18.3 Å². The van der Waals surface area contributed by atoms with E-state index in [1.807, 2.05) is 0 Å². The van der Waals surface area contributed by atoms with E-state index in [1.165, 1.54) is 0 Å². The molecule has 0 spiro atoms. The second kappa shape index (κ2) is 4.07. The van der Waals surface area contributed by atoms with E-state index < -0.39 is 37.3 Å². The summed E-state index contributed by atoms with van der Waals surface area (Å²) in [5.41, 5.74) is 0. The van der Waals surface area contributed by atoms with Gasteiger partial charge in [-0.2, -0.15) is 4.91 Å². The Morgan fingerprint density at radius 3 is 2.31 bits per heavy atom. The highest BCUT2D eigenvalue weighted by atomic mass is 16.6. The van der Waals surface area contributed by atoms with Gasteiger partial charge in [0.05, 0.1) is 6.61 Å². The molecule has 0 amide bonds. The zero-order valence-corrected chi connectivity index (χ0v) is 6.65. The fourth-order valence-corrected chi connectivity index (χ4v) is 1.20. The number of ether oxygens (including phenoxy) is 1. The first kappa shape index (κ1) is 10.5. The molecule has 1 heterocycles. The van der Waals surface area contributed by atoms with Crippen LogP contribution in [0.15, 0.2) is 5.18 Å². The molecule has 7 heteroatoms. The lowest BCUT2D eigenvalue weighted by atomic mass is 9.98. The zero-order valence-electron chi connectivity index (χ0n) is 6.65. The van der Waals surface area contributed by atoms with Gasteiger partial charge in [-0.25, -0.2) is 0 Å². The van der Waals surface area contributed by atoms with Crippen LogP contribution in [0, 0.1) is 4.91 Å². The highest BCUT2D eigenvalue weighted by Gasteiger charge is 2.44. The third-order valence-electron chi connectivity index (χ3n) is 1.99. The van der Waals surface area contributed by atoms with Gasteiger partial charge in [-0.15, -0.1) is 0 Å². The monoisotopic (exact) mass is 193 g/mol. The van der Waals surface area contributed by atoms with Crippen molar-refractivity contribution in [2.24, 2.45) is 5.18 Å². The topological polar surface area (TPSA) is 120 Å². The summed E-state index contributed by atoms with van der Waals surface area (Å²) in [7, 11) is 0. The SMILES string of the molecule is O=N[C@H]1C(O)O[C@H](CO)[C@@H](O)[C@@H]1O. The second-order valence-electron chi connectivity index (χ2n) is 2.82. The Balaban J connectivity index is 2.72. The number of aliphatic hydroxyl groups excluding tert-OH is 4. The van der Waals surface area contributed by atoms with Gasteiger partial charge in [-0.05, 0) is 0 Å². The standard InChI is InChI=1S/C6H11NO6/c8-1-2-4(9)5(10)3(7-12)6(11)13-2/h2-6,8-11H,1H2/t2-,3-,4-,5-,6?/m1/s1. The Morgan fingerprint density at radius 1 is 1.23 bits per heavy atom. The van der Waals surface area contributed by atoms with E-state index in [0.29, 0.717) is 0 Å². The summed E-state index contributed by atoms with van der Waals surface area (Å²) in [6.07, 6.45) is -5.62. The van der Waals surface area contributed by atoms with E-state index in [1.54, 1.807) is 0 Å². The maximum Gasteiger partial charge on any atom is 0.183 e. The molecule has 0 bridgehead atoms. The second-order valence-corrected chi connectivity index (χ2v) is 2.82. The number of aliphatic hydroxyl groups is 4. The first-order valence-electron chi connectivity index (χ1n) is 3.74. The number of nitroso groups, excluding NO2 is 1. The average Bonchev–Trinajstić information content (AvgIpc) is 2.12. The Labute approximate surface area is 73.5 Å². The van der Waals surface area contributed by atoms with Crippen LogP contribution in [0.25, 0.3) is 0 Å². The molecule has 1 unspecified atom stereocenters. The minimum Gasteiger partial charge on any atom is -0.394 e. The normalized spacial score (nSPS) is 46.0. The molecular formula is C6H11NO6. The van der Waals surface area contributed by atoms with Crippen LogP contribution in [0.4, 0.5) is 0 Å². The molecule has 1 rings (SSSR count). The molecule has 1 aliphatic heterocycles. The maximum absolute atomic E-state index is 10.1. The van der Waals surface area contributed by atoms with Crippen LogP contribution in [-0.4, -0.2) is 57.7 Å². The highest BCUT2D eigenvalue weighted by Crippen LogP contribution is 2.21. The van der Waals surface area contributed by atoms with Crippen molar-refractivity contribution >= 4 is 0 Å². The van der Waals surface area contributed by atoms with E-state index in [4.69, 9.17) is 10.2 Å². The third-order valence-corrected chi connectivity index (χ3v) is 1.99. The fourth-order valence-electron chi connectivity index (χ4n) is 1.20. The predicted molar refractivity (Wildman–Crippen MR) is 39.6 cm³/mol. The molecule has 76 valence electrons. The van der Waals surface area contributed by atoms with E-state index in [-0.39, 0.29) is 0 Å². The van der Waals surface area contributed by atoms with Gasteiger partial charge in [-0.1, -0.05) is 5.18 Å². The molecule has 4 N–H and O–H groups in total. The molecule has 1 fully saturated rings. The molecular weight excluding hydrogens is 182 g/mol. The van der Waals surface area contributed by atoms with Gasteiger partial charge >= 0.3 is 0 Å². The van der Waals surface area contributed by atoms with Crippen molar-refractivity contribution < 1.29 is 25.2 Å².